The Hall–Kier alpha value is -0.940. The van der Waals surface area contributed by atoms with Gasteiger partial charge in [0.05, 0.1) is 6.61 Å². The Bertz CT molecular complexity index is 233. The largest absolute Gasteiger partial charge is 0.391 e. The average Bonchev–Trinajstić information content (AvgIpc) is 2.28. The lowest BCUT2D eigenvalue weighted by atomic mass is 10.4. The highest BCUT2D eigenvalue weighted by atomic mass is 16.8. The van der Waals surface area contributed by atoms with E-state index in [2.05, 4.69) is 4.74 Å². The molecule has 0 aromatic rings. The van der Waals surface area contributed by atoms with Gasteiger partial charge in [-0.3, -0.25) is 4.79 Å². The van der Waals surface area contributed by atoms with Crippen LogP contribution in [0.15, 0.2) is 0 Å². The third-order valence-corrected chi connectivity index (χ3v) is 1.52. The molecule has 1 aliphatic rings. The molecule has 5 nitrogen and oxygen atoms in total. The zero-order chi connectivity index (χ0) is 10.1. The predicted molar refractivity (Wildman–Crippen MR) is 41.7 cm³/mol. The number of ether oxygens (including phenoxy) is 3. The molecular formula is C8H12O5. The van der Waals surface area contributed by atoms with Crippen LogP contribution in [-0.4, -0.2) is 30.4 Å². The Labute approximate surface area is 76.0 Å². The Balaban J connectivity index is 2.47. The molecule has 1 heterocycles. The summed E-state index contributed by atoms with van der Waals surface area (Å²) in [6.45, 7) is 4.67. The zero-order valence-corrected chi connectivity index (χ0v) is 7.83. The molecule has 0 radical (unpaired) electrons. The van der Waals surface area contributed by atoms with E-state index < -0.39 is 23.8 Å². The van der Waals surface area contributed by atoms with E-state index in [0.717, 1.165) is 0 Å². The van der Waals surface area contributed by atoms with E-state index in [4.69, 9.17) is 9.47 Å². The first-order valence-corrected chi connectivity index (χ1v) is 3.95. The van der Waals surface area contributed by atoms with Gasteiger partial charge in [-0.2, -0.15) is 0 Å². The van der Waals surface area contributed by atoms with Crippen LogP contribution in [0.5, 0.6) is 0 Å². The fourth-order valence-electron chi connectivity index (χ4n) is 1.01. The van der Waals surface area contributed by atoms with Crippen molar-refractivity contribution in [1.82, 2.24) is 0 Å². The van der Waals surface area contributed by atoms with Gasteiger partial charge in [-0.15, -0.1) is 0 Å². The Morgan fingerprint density at radius 2 is 2.08 bits per heavy atom. The summed E-state index contributed by atoms with van der Waals surface area (Å²) in [6.07, 6.45) is -0.793. The lowest BCUT2D eigenvalue weighted by molar-refractivity contribution is -0.175. The van der Waals surface area contributed by atoms with Gasteiger partial charge in [0, 0.05) is 6.92 Å². The van der Waals surface area contributed by atoms with Gasteiger partial charge in [0.15, 0.2) is 11.9 Å². The third-order valence-electron chi connectivity index (χ3n) is 1.52. The SMILES string of the molecule is CC(=O)OC(=O)C1COC(C)(C)O1. The molecule has 0 aliphatic carbocycles. The topological polar surface area (TPSA) is 61.8 Å². The van der Waals surface area contributed by atoms with Crippen molar-refractivity contribution in [2.24, 2.45) is 0 Å². The van der Waals surface area contributed by atoms with E-state index in [9.17, 15) is 9.59 Å². The van der Waals surface area contributed by atoms with Gasteiger partial charge < -0.3 is 14.2 Å². The number of hydrogen-bond donors (Lipinski definition) is 0. The normalized spacial score (nSPS) is 25.6. The minimum Gasteiger partial charge on any atom is -0.391 e. The first kappa shape index (κ1) is 10.1. The Kier molecular flexibility index (Phi) is 2.68. The molecule has 13 heavy (non-hydrogen) atoms. The summed E-state index contributed by atoms with van der Waals surface area (Å²) in [5.41, 5.74) is 0. The molecule has 0 amide bonds. The summed E-state index contributed by atoms with van der Waals surface area (Å²) in [5, 5.41) is 0. The van der Waals surface area contributed by atoms with Gasteiger partial charge in [-0.1, -0.05) is 0 Å². The predicted octanol–water partition coefficient (Wildman–Crippen LogP) is 0.228. The molecule has 0 saturated carbocycles. The number of esters is 2. The molecule has 5 heteroatoms. The molecule has 1 aliphatic heterocycles. The standard InChI is InChI=1S/C8H12O5/c1-5(9)12-7(10)6-4-11-8(2,3)13-6/h6H,4H2,1-3H3. The van der Waals surface area contributed by atoms with Crippen LogP contribution in [0.1, 0.15) is 20.8 Å². The number of carbonyl (C=O) groups is 2. The first-order valence-electron chi connectivity index (χ1n) is 3.95. The van der Waals surface area contributed by atoms with Gasteiger partial charge in [0.25, 0.3) is 0 Å². The first-order chi connectivity index (χ1) is 5.91. The molecule has 0 aromatic carbocycles. The molecule has 0 bridgehead atoms. The number of rotatable bonds is 1. The Morgan fingerprint density at radius 1 is 1.46 bits per heavy atom. The summed E-state index contributed by atoms with van der Waals surface area (Å²) < 4.78 is 14.6. The maximum atomic E-state index is 11.1. The van der Waals surface area contributed by atoms with Crippen molar-refractivity contribution in [2.45, 2.75) is 32.7 Å². The summed E-state index contributed by atoms with van der Waals surface area (Å²) in [6, 6.07) is 0. The second-order valence-electron chi connectivity index (χ2n) is 3.23. The fraction of sp³-hybridized carbons (Fsp3) is 0.750. The molecule has 1 fully saturated rings. The second kappa shape index (κ2) is 3.43. The van der Waals surface area contributed by atoms with Crippen molar-refractivity contribution in [3.05, 3.63) is 0 Å². The highest BCUT2D eigenvalue weighted by Crippen LogP contribution is 2.22. The molecule has 1 unspecified atom stereocenters. The summed E-state index contributed by atoms with van der Waals surface area (Å²) in [5.74, 6) is -2.11. The van der Waals surface area contributed by atoms with Crippen LogP contribution >= 0.6 is 0 Å². The minimum atomic E-state index is -0.793. The highest BCUT2D eigenvalue weighted by molar-refractivity contribution is 5.87. The van der Waals surface area contributed by atoms with Crippen LogP contribution in [-0.2, 0) is 23.8 Å². The monoisotopic (exact) mass is 188 g/mol. The quantitative estimate of drug-likeness (QED) is 0.435. The minimum absolute atomic E-state index is 0.124. The van der Waals surface area contributed by atoms with E-state index in [0.29, 0.717) is 0 Å². The van der Waals surface area contributed by atoms with Crippen LogP contribution < -0.4 is 0 Å². The van der Waals surface area contributed by atoms with Crippen molar-refractivity contribution < 1.29 is 23.8 Å². The molecule has 0 aromatic heterocycles. The van der Waals surface area contributed by atoms with Crippen molar-refractivity contribution in [3.8, 4) is 0 Å². The molecule has 1 rings (SSSR count). The maximum absolute atomic E-state index is 11.1. The Morgan fingerprint density at radius 3 is 2.46 bits per heavy atom. The summed E-state index contributed by atoms with van der Waals surface area (Å²) in [7, 11) is 0. The van der Waals surface area contributed by atoms with E-state index in [1.54, 1.807) is 13.8 Å². The van der Waals surface area contributed by atoms with Gasteiger partial charge >= 0.3 is 11.9 Å². The molecule has 0 N–H and O–H groups in total. The number of carbonyl (C=O) groups excluding carboxylic acids is 2. The van der Waals surface area contributed by atoms with Crippen LogP contribution in [0.4, 0.5) is 0 Å². The lowest BCUT2D eigenvalue weighted by Gasteiger charge is -2.15. The van der Waals surface area contributed by atoms with Crippen LogP contribution in [0.3, 0.4) is 0 Å². The van der Waals surface area contributed by atoms with E-state index in [1.165, 1.54) is 6.92 Å². The van der Waals surface area contributed by atoms with Crippen molar-refractivity contribution >= 4 is 11.9 Å². The fourth-order valence-corrected chi connectivity index (χ4v) is 1.01. The third kappa shape index (κ3) is 2.78. The summed E-state index contributed by atoms with van der Waals surface area (Å²) >= 11 is 0. The van der Waals surface area contributed by atoms with Gasteiger partial charge in [0.1, 0.15) is 0 Å². The molecular weight excluding hydrogens is 176 g/mol. The maximum Gasteiger partial charge on any atom is 0.345 e. The summed E-state index contributed by atoms with van der Waals surface area (Å²) in [4.78, 5) is 21.5. The zero-order valence-electron chi connectivity index (χ0n) is 7.83. The molecule has 1 atom stereocenters. The highest BCUT2D eigenvalue weighted by Gasteiger charge is 2.38. The van der Waals surface area contributed by atoms with Crippen molar-refractivity contribution in [3.63, 3.8) is 0 Å². The lowest BCUT2D eigenvalue weighted by Crippen LogP contribution is -2.29. The van der Waals surface area contributed by atoms with Crippen LogP contribution in [0, 0.1) is 0 Å². The van der Waals surface area contributed by atoms with Crippen molar-refractivity contribution in [2.75, 3.05) is 6.61 Å². The van der Waals surface area contributed by atoms with E-state index in [1.807, 2.05) is 0 Å². The molecule has 0 spiro atoms. The van der Waals surface area contributed by atoms with Gasteiger partial charge in [-0.05, 0) is 13.8 Å². The van der Waals surface area contributed by atoms with Gasteiger partial charge in [-0.25, -0.2) is 4.79 Å². The van der Waals surface area contributed by atoms with Crippen molar-refractivity contribution in [1.29, 1.82) is 0 Å². The second-order valence-corrected chi connectivity index (χ2v) is 3.23. The van der Waals surface area contributed by atoms with Gasteiger partial charge in [0.2, 0.25) is 0 Å². The van der Waals surface area contributed by atoms with Crippen LogP contribution in [0.25, 0.3) is 0 Å². The number of hydrogen-bond acceptors (Lipinski definition) is 5. The van der Waals surface area contributed by atoms with E-state index in [-0.39, 0.29) is 6.61 Å². The van der Waals surface area contributed by atoms with E-state index >= 15 is 0 Å². The van der Waals surface area contributed by atoms with Crippen LogP contribution in [0.2, 0.25) is 0 Å². The molecule has 74 valence electrons. The smallest absolute Gasteiger partial charge is 0.345 e. The average molecular weight is 188 g/mol. The molecule has 1 saturated heterocycles.